The second-order valence-corrected chi connectivity index (χ2v) is 4.88. The highest BCUT2D eigenvalue weighted by atomic mass is 16.5. The maximum Gasteiger partial charge on any atom is 0.240 e. The summed E-state index contributed by atoms with van der Waals surface area (Å²) in [6.07, 6.45) is 3.33. The summed E-state index contributed by atoms with van der Waals surface area (Å²) in [6.45, 7) is 6.19. The highest BCUT2D eigenvalue weighted by Gasteiger charge is 2.27. The zero-order valence-corrected chi connectivity index (χ0v) is 10.8. The zero-order chi connectivity index (χ0) is 13.1. The minimum atomic E-state index is -0.381. The lowest BCUT2D eigenvalue weighted by molar-refractivity contribution is -0.122. The Labute approximate surface area is 107 Å². The van der Waals surface area contributed by atoms with Crippen LogP contribution in [0.1, 0.15) is 31.7 Å². The molecule has 1 fully saturated rings. The van der Waals surface area contributed by atoms with Gasteiger partial charge in [0.25, 0.3) is 0 Å². The van der Waals surface area contributed by atoms with Crippen LogP contribution < -0.4 is 11.1 Å². The molecule has 1 saturated heterocycles. The first-order chi connectivity index (χ1) is 8.61. The Morgan fingerprint density at radius 3 is 3.00 bits per heavy atom. The van der Waals surface area contributed by atoms with Crippen molar-refractivity contribution in [3.05, 3.63) is 18.2 Å². The van der Waals surface area contributed by atoms with E-state index in [1.807, 2.05) is 18.4 Å². The van der Waals surface area contributed by atoms with E-state index in [2.05, 4.69) is 10.3 Å². The molecule has 18 heavy (non-hydrogen) atoms. The molecule has 0 radical (unpaired) electrons. The van der Waals surface area contributed by atoms with Gasteiger partial charge in [-0.3, -0.25) is 4.79 Å². The van der Waals surface area contributed by atoms with Crippen LogP contribution in [0.3, 0.4) is 0 Å². The van der Waals surface area contributed by atoms with Gasteiger partial charge in [-0.05, 0) is 5.92 Å². The van der Waals surface area contributed by atoms with Crippen LogP contribution in [-0.4, -0.2) is 35.2 Å². The second-order valence-electron chi connectivity index (χ2n) is 4.88. The Kier molecular flexibility index (Phi) is 3.98. The molecule has 2 atom stereocenters. The van der Waals surface area contributed by atoms with Gasteiger partial charge in [0, 0.05) is 13.1 Å². The zero-order valence-electron chi connectivity index (χ0n) is 10.8. The number of nitrogens with one attached hydrogen (secondary N) is 1. The van der Waals surface area contributed by atoms with Crippen molar-refractivity contribution in [2.45, 2.75) is 26.0 Å². The van der Waals surface area contributed by atoms with E-state index < -0.39 is 0 Å². The molecule has 0 aromatic carbocycles. The number of nitrogens with zero attached hydrogens (tertiary/aromatic N) is 2. The fraction of sp³-hybridized carbons (Fsp3) is 0.667. The maximum absolute atomic E-state index is 11.6. The predicted octanol–water partition coefficient (Wildman–Crippen LogP) is 0.226. The van der Waals surface area contributed by atoms with Crippen molar-refractivity contribution in [2.24, 2.45) is 11.7 Å². The molecule has 2 heterocycles. The van der Waals surface area contributed by atoms with Crippen LogP contribution in [0.2, 0.25) is 0 Å². The van der Waals surface area contributed by atoms with Gasteiger partial charge in [0.1, 0.15) is 12.1 Å². The van der Waals surface area contributed by atoms with Crippen LogP contribution in [0.5, 0.6) is 0 Å². The van der Waals surface area contributed by atoms with E-state index in [4.69, 9.17) is 10.5 Å². The number of hydrogen-bond acceptors (Lipinski definition) is 4. The van der Waals surface area contributed by atoms with Gasteiger partial charge in [0.2, 0.25) is 5.91 Å². The number of amides is 1. The lowest BCUT2D eigenvalue weighted by Crippen LogP contribution is -2.37. The van der Waals surface area contributed by atoms with Gasteiger partial charge >= 0.3 is 0 Å². The fourth-order valence-corrected chi connectivity index (χ4v) is 2.34. The summed E-state index contributed by atoms with van der Waals surface area (Å²) in [5, 5.41) is 3.27. The summed E-state index contributed by atoms with van der Waals surface area (Å²) < 4.78 is 7.54. The normalized spacial score (nSPS) is 22.1. The molecular weight excluding hydrogens is 232 g/mol. The molecule has 2 rings (SSSR count). The molecule has 0 saturated carbocycles. The Hall–Kier alpha value is -1.40. The third-order valence-electron chi connectivity index (χ3n) is 3.18. The Balaban J connectivity index is 2.27. The van der Waals surface area contributed by atoms with Gasteiger partial charge in [-0.1, -0.05) is 13.8 Å². The van der Waals surface area contributed by atoms with E-state index in [1.165, 1.54) is 0 Å². The number of ether oxygens (including phenoxy) is 1. The van der Waals surface area contributed by atoms with E-state index in [0.29, 0.717) is 6.61 Å². The number of morpholine rings is 1. The quantitative estimate of drug-likeness (QED) is 0.803. The Morgan fingerprint density at radius 1 is 1.67 bits per heavy atom. The first-order valence-electron chi connectivity index (χ1n) is 6.24. The van der Waals surface area contributed by atoms with Crippen molar-refractivity contribution < 1.29 is 9.53 Å². The van der Waals surface area contributed by atoms with Crippen molar-refractivity contribution >= 4 is 5.91 Å². The number of aromatic nitrogens is 2. The number of carbonyl (C=O) groups is 1. The average Bonchev–Trinajstić information content (AvgIpc) is 2.78. The van der Waals surface area contributed by atoms with Crippen LogP contribution in [0, 0.1) is 5.92 Å². The summed E-state index contributed by atoms with van der Waals surface area (Å²) in [6, 6.07) is -0.381. The topological polar surface area (TPSA) is 82.2 Å². The monoisotopic (exact) mass is 252 g/mol. The molecule has 6 heteroatoms. The Morgan fingerprint density at radius 2 is 2.44 bits per heavy atom. The number of nitrogens with two attached hydrogens (primary N) is 1. The Bertz CT molecular complexity index is 410. The van der Waals surface area contributed by atoms with Crippen LogP contribution in [0.4, 0.5) is 0 Å². The van der Waals surface area contributed by atoms with Gasteiger partial charge in [0.05, 0.1) is 24.8 Å². The van der Waals surface area contributed by atoms with Gasteiger partial charge in [-0.25, -0.2) is 4.98 Å². The van der Waals surface area contributed by atoms with E-state index in [9.17, 15) is 4.79 Å². The number of hydrogen-bond donors (Lipinski definition) is 2. The summed E-state index contributed by atoms with van der Waals surface area (Å²) in [7, 11) is 0. The molecule has 100 valence electrons. The van der Waals surface area contributed by atoms with E-state index >= 15 is 0 Å². The molecule has 2 unspecified atom stereocenters. The van der Waals surface area contributed by atoms with Crippen LogP contribution in [0.25, 0.3) is 0 Å². The van der Waals surface area contributed by atoms with E-state index in [0.717, 1.165) is 18.8 Å². The molecule has 1 aromatic rings. The van der Waals surface area contributed by atoms with Crippen molar-refractivity contribution in [1.29, 1.82) is 0 Å². The van der Waals surface area contributed by atoms with Gasteiger partial charge in [-0.2, -0.15) is 0 Å². The van der Waals surface area contributed by atoms with Gasteiger partial charge < -0.3 is 20.4 Å². The highest BCUT2D eigenvalue weighted by Crippen LogP contribution is 2.25. The van der Waals surface area contributed by atoms with Crippen LogP contribution in [0.15, 0.2) is 12.5 Å². The predicted molar refractivity (Wildman–Crippen MR) is 66.9 cm³/mol. The molecule has 3 N–H and O–H groups in total. The summed E-state index contributed by atoms with van der Waals surface area (Å²) in [5.74, 6) is -0.222. The van der Waals surface area contributed by atoms with Crippen molar-refractivity contribution in [3.8, 4) is 0 Å². The van der Waals surface area contributed by atoms with Crippen molar-refractivity contribution in [3.63, 3.8) is 0 Å². The van der Waals surface area contributed by atoms with E-state index in [1.54, 1.807) is 12.5 Å². The van der Waals surface area contributed by atoms with Crippen molar-refractivity contribution in [1.82, 2.24) is 14.9 Å². The van der Waals surface area contributed by atoms with Crippen LogP contribution >= 0.6 is 0 Å². The summed E-state index contributed by atoms with van der Waals surface area (Å²) >= 11 is 0. The molecular formula is C12H20N4O2. The summed E-state index contributed by atoms with van der Waals surface area (Å²) in [4.78, 5) is 15.7. The minimum absolute atomic E-state index is 0.0677. The fourth-order valence-electron chi connectivity index (χ4n) is 2.34. The first kappa shape index (κ1) is 13.0. The number of carbonyl (C=O) groups excluding carboxylic acids is 1. The molecule has 0 spiro atoms. The molecule has 0 aliphatic carbocycles. The molecule has 0 bridgehead atoms. The molecule has 6 nitrogen and oxygen atoms in total. The maximum atomic E-state index is 11.6. The SMILES string of the molecule is CC(C)C(C(N)=O)n1cncc1C1CNCCO1. The number of primary amides is 1. The average molecular weight is 252 g/mol. The third kappa shape index (κ3) is 2.54. The second kappa shape index (κ2) is 5.49. The highest BCUT2D eigenvalue weighted by molar-refractivity contribution is 5.78. The minimum Gasteiger partial charge on any atom is -0.369 e. The number of imidazole rings is 1. The van der Waals surface area contributed by atoms with Crippen molar-refractivity contribution in [2.75, 3.05) is 19.7 Å². The smallest absolute Gasteiger partial charge is 0.240 e. The van der Waals surface area contributed by atoms with Gasteiger partial charge in [-0.15, -0.1) is 0 Å². The summed E-state index contributed by atoms with van der Waals surface area (Å²) in [5.41, 5.74) is 6.39. The standard InChI is InChI=1S/C12H20N4O2/c1-8(2)11(12(13)17)16-7-15-5-9(16)10-6-14-3-4-18-10/h5,7-8,10-11,14H,3-4,6H2,1-2H3,(H2,13,17). The lowest BCUT2D eigenvalue weighted by Gasteiger charge is -2.28. The first-order valence-corrected chi connectivity index (χ1v) is 6.24. The third-order valence-corrected chi connectivity index (χ3v) is 3.18. The van der Waals surface area contributed by atoms with Crippen LogP contribution in [-0.2, 0) is 9.53 Å². The van der Waals surface area contributed by atoms with Gasteiger partial charge in [0.15, 0.2) is 0 Å². The molecule has 1 amide bonds. The number of rotatable bonds is 4. The van der Waals surface area contributed by atoms with E-state index in [-0.39, 0.29) is 24.0 Å². The molecule has 1 aliphatic rings. The molecule has 1 aromatic heterocycles. The lowest BCUT2D eigenvalue weighted by atomic mass is 10.0. The molecule has 1 aliphatic heterocycles. The largest absolute Gasteiger partial charge is 0.369 e.